The Balaban J connectivity index is 2.69. The predicted octanol–water partition coefficient (Wildman–Crippen LogP) is 0.565. The summed E-state index contributed by atoms with van der Waals surface area (Å²) in [5.41, 5.74) is 5.67. The molecule has 1 rings (SSSR count). The summed E-state index contributed by atoms with van der Waals surface area (Å²) in [4.78, 5) is 11.6. The molecular weight excluding hydrogens is 208 g/mol. The van der Waals surface area contributed by atoms with E-state index in [9.17, 15) is 9.90 Å². The van der Waals surface area contributed by atoms with E-state index in [-0.39, 0.29) is 23.4 Å². The average Bonchev–Trinajstić information content (AvgIpc) is 2.22. The third-order valence-corrected chi connectivity index (χ3v) is 2.21. The minimum Gasteiger partial charge on any atom is -0.504 e. The normalized spacial score (nSPS) is 12.1. The second kappa shape index (κ2) is 5.37. The Morgan fingerprint density at radius 1 is 1.44 bits per heavy atom. The van der Waals surface area contributed by atoms with Gasteiger partial charge in [-0.1, -0.05) is 0 Å². The molecule has 1 aromatic carbocycles. The molecule has 0 radical (unpaired) electrons. The first-order valence-electron chi connectivity index (χ1n) is 5.07. The number of amides is 1. The van der Waals surface area contributed by atoms with E-state index in [4.69, 9.17) is 10.8 Å². The Kier molecular flexibility index (Phi) is 4.13. The molecule has 0 aliphatic heterocycles. The zero-order valence-electron chi connectivity index (χ0n) is 9.10. The van der Waals surface area contributed by atoms with Crippen molar-refractivity contribution in [1.29, 1.82) is 0 Å². The molecule has 5 N–H and O–H groups in total. The van der Waals surface area contributed by atoms with E-state index in [1.165, 1.54) is 18.2 Å². The van der Waals surface area contributed by atoms with Crippen molar-refractivity contribution >= 4 is 5.91 Å². The average molecular weight is 224 g/mol. The molecule has 0 saturated carbocycles. The molecule has 5 nitrogen and oxygen atoms in total. The Bertz CT molecular complexity index is 379. The van der Waals surface area contributed by atoms with Gasteiger partial charge >= 0.3 is 0 Å². The van der Waals surface area contributed by atoms with Crippen molar-refractivity contribution in [3.8, 4) is 11.5 Å². The lowest BCUT2D eigenvalue weighted by molar-refractivity contribution is 0.0938. The van der Waals surface area contributed by atoms with Crippen LogP contribution < -0.4 is 11.1 Å². The molecule has 1 amide bonds. The van der Waals surface area contributed by atoms with Crippen LogP contribution in [0.25, 0.3) is 0 Å². The first-order chi connectivity index (χ1) is 7.54. The van der Waals surface area contributed by atoms with Crippen LogP contribution in [-0.2, 0) is 0 Å². The molecule has 0 aliphatic carbocycles. The van der Waals surface area contributed by atoms with Gasteiger partial charge in [0.2, 0.25) is 0 Å². The van der Waals surface area contributed by atoms with Crippen LogP contribution in [-0.4, -0.2) is 28.7 Å². The highest BCUT2D eigenvalue weighted by molar-refractivity contribution is 5.95. The van der Waals surface area contributed by atoms with Crippen LogP contribution in [0.2, 0.25) is 0 Å². The number of carbonyl (C=O) groups excluding carboxylic acids is 1. The largest absolute Gasteiger partial charge is 0.504 e. The van der Waals surface area contributed by atoms with Crippen LogP contribution in [0, 0.1) is 0 Å². The standard InChI is InChI=1S/C11H16N2O3/c1-7(4-5-12)13-11(16)8-2-3-9(14)10(15)6-8/h2-3,6-7,14-15H,4-5,12H2,1H3,(H,13,16). The maximum atomic E-state index is 11.6. The fourth-order valence-electron chi connectivity index (χ4n) is 1.29. The first kappa shape index (κ1) is 12.3. The van der Waals surface area contributed by atoms with E-state index < -0.39 is 0 Å². The van der Waals surface area contributed by atoms with Crippen LogP contribution in [0.1, 0.15) is 23.7 Å². The van der Waals surface area contributed by atoms with Gasteiger partial charge in [-0.05, 0) is 38.1 Å². The Labute approximate surface area is 93.9 Å². The maximum Gasteiger partial charge on any atom is 0.251 e. The topological polar surface area (TPSA) is 95.6 Å². The molecule has 88 valence electrons. The number of nitrogens with two attached hydrogens (primary N) is 1. The van der Waals surface area contributed by atoms with Gasteiger partial charge in [0, 0.05) is 11.6 Å². The number of carbonyl (C=O) groups is 1. The number of benzene rings is 1. The molecular formula is C11H16N2O3. The SMILES string of the molecule is CC(CCN)NC(=O)c1ccc(O)c(O)c1. The number of aromatic hydroxyl groups is 2. The fourth-order valence-corrected chi connectivity index (χ4v) is 1.29. The van der Waals surface area contributed by atoms with E-state index in [0.717, 1.165) is 0 Å². The molecule has 0 heterocycles. The van der Waals surface area contributed by atoms with E-state index in [1.807, 2.05) is 6.92 Å². The maximum absolute atomic E-state index is 11.6. The van der Waals surface area contributed by atoms with Crippen LogP contribution in [0.4, 0.5) is 0 Å². The highest BCUT2D eigenvalue weighted by Crippen LogP contribution is 2.24. The molecule has 5 heteroatoms. The lowest BCUT2D eigenvalue weighted by atomic mass is 10.1. The number of rotatable bonds is 4. The summed E-state index contributed by atoms with van der Waals surface area (Å²) >= 11 is 0. The molecule has 16 heavy (non-hydrogen) atoms. The second-order valence-corrected chi connectivity index (χ2v) is 3.66. The lowest BCUT2D eigenvalue weighted by Gasteiger charge is -2.12. The van der Waals surface area contributed by atoms with Crippen LogP contribution in [0.15, 0.2) is 18.2 Å². The lowest BCUT2D eigenvalue weighted by Crippen LogP contribution is -2.33. The zero-order chi connectivity index (χ0) is 12.1. The van der Waals surface area contributed by atoms with Gasteiger partial charge in [-0.2, -0.15) is 0 Å². The number of phenolic OH excluding ortho intramolecular Hbond substituents is 2. The van der Waals surface area contributed by atoms with Crippen molar-refractivity contribution in [2.45, 2.75) is 19.4 Å². The molecule has 0 fully saturated rings. The number of hydrogen-bond acceptors (Lipinski definition) is 4. The third-order valence-electron chi connectivity index (χ3n) is 2.21. The Morgan fingerprint density at radius 2 is 2.12 bits per heavy atom. The highest BCUT2D eigenvalue weighted by atomic mass is 16.3. The Morgan fingerprint density at radius 3 is 2.69 bits per heavy atom. The van der Waals surface area contributed by atoms with Crippen molar-refractivity contribution in [3.63, 3.8) is 0 Å². The molecule has 1 atom stereocenters. The minimum atomic E-state index is -0.306. The first-order valence-corrected chi connectivity index (χ1v) is 5.07. The van der Waals surface area contributed by atoms with Crippen molar-refractivity contribution < 1.29 is 15.0 Å². The highest BCUT2D eigenvalue weighted by Gasteiger charge is 2.11. The van der Waals surface area contributed by atoms with Gasteiger partial charge in [0.1, 0.15) is 0 Å². The second-order valence-electron chi connectivity index (χ2n) is 3.66. The van der Waals surface area contributed by atoms with Crippen molar-refractivity contribution in [1.82, 2.24) is 5.32 Å². The summed E-state index contributed by atoms with van der Waals surface area (Å²) in [6.45, 7) is 2.35. The molecule has 0 aliphatic rings. The van der Waals surface area contributed by atoms with Crippen molar-refractivity contribution in [3.05, 3.63) is 23.8 Å². The summed E-state index contributed by atoms with van der Waals surface area (Å²) in [7, 11) is 0. The van der Waals surface area contributed by atoms with E-state index in [0.29, 0.717) is 18.5 Å². The molecule has 0 spiro atoms. The quantitative estimate of drug-likeness (QED) is 0.562. The fraction of sp³-hybridized carbons (Fsp3) is 0.364. The van der Waals surface area contributed by atoms with Crippen LogP contribution in [0.3, 0.4) is 0 Å². The molecule has 0 aromatic heterocycles. The number of nitrogens with one attached hydrogen (secondary N) is 1. The van der Waals surface area contributed by atoms with Gasteiger partial charge in [0.25, 0.3) is 5.91 Å². The molecule has 0 bridgehead atoms. The van der Waals surface area contributed by atoms with E-state index >= 15 is 0 Å². The summed E-state index contributed by atoms with van der Waals surface area (Å²) < 4.78 is 0. The Hall–Kier alpha value is -1.75. The van der Waals surface area contributed by atoms with Crippen molar-refractivity contribution in [2.24, 2.45) is 5.73 Å². The molecule has 1 unspecified atom stereocenters. The van der Waals surface area contributed by atoms with Gasteiger partial charge < -0.3 is 21.3 Å². The van der Waals surface area contributed by atoms with Gasteiger partial charge in [-0.25, -0.2) is 0 Å². The molecule has 1 aromatic rings. The predicted molar refractivity (Wildman–Crippen MR) is 60.4 cm³/mol. The van der Waals surface area contributed by atoms with E-state index in [2.05, 4.69) is 5.32 Å². The van der Waals surface area contributed by atoms with Crippen molar-refractivity contribution in [2.75, 3.05) is 6.54 Å². The minimum absolute atomic E-state index is 0.0200. The number of hydrogen-bond donors (Lipinski definition) is 4. The monoisotopic (exact) mass is 224 g/mol. The number of phenols is 2. The summed E-state index contributed by atoms with van der Waals surface area (Å²) in [6, 6.07) is 3.92. The summed E-state index contributed by atoms with van der Waals surface area (Å²) in [5.74, 6) is -0.845. The van der Waals surface area contributed by atoms with Crippen LogP contribution >= 0.6 is 0 Å². The van der Waals surface area contributed by atoms with Crippen LogP contribution in [0.5, 0.6) is 11.5 Å². The summed E-state index contributed by atoms with van der Waals surface area (Å²) in [6.07, 6.45) is 0.690. The van der Waals surface area contributed by atoms with E-state index in [1.54, 1.807) is 0 Å². The smallest absolute Gasteiger partial charge is 0.251 e. The summed E-state index contributed by atoms with van der Waals surface area (Å²) in [5, 5.41) is 21.1. The molecule has 0 saturated heterocycles. The zero-order valence-corrected chi connectivity index (χ0v) is 9.10. The third kappa shape index (κ3) is 3.13. The van der Waals surface area contributed by atoms with Gasteiger partial charge in [0.15, 0.2) is 11.5 Å². The van der Waals surface area contributed by atoms with Gasteiger partial charge in [0.05, 0.1) is 0 Å². The van der Waals surface area contributed by atoms with Gasteiger partial charge in [-0.3, -0.25) is 4.79 Å². The van der Waals surface area contributed by atoms with Gasteiger partial charge in [-0.15, -0.1) is 0 Å².